The highest BCUT2D eigenvalue weighted by atomic mass is 35.5. The number of aryl methyl sites for hydroxylation is 1. The number of unbranched alkanes of at least 4 members (excludes halogenated alkanes) is 9. The van der Waals surface area contributed by atoms with Crippen molar-refractivity contribution in [2.75, 3.05) is 0 Å². The van der Waals surface area contributed by atoms with Crippen LogP contribution in [-0.2, 0) is 6.54 Å². The van der Waals surface area contributed by atoms with Crippen molar-refractivity contribution in [1.82, 2.24) is 0 Å². The van der Waals surface area contributed by atoms with Crippen LogP contribution in [0.3, 0.4) is 0 Å². The zero-order chi connectivity index (χ0) is 15.5. The quantitative estimate of drug-likeness (QED) is 0.439. The van der Waals surface area contributed by atoms with E-state index < -0.39 is 0 Å². The van der Waals surface area contributed by atoms with Crippen molar-refractivity contribution in [2.24, 2.45) is 0 Å². The summed E-state index contributed by atoms with van der Waals surface area (Å²) >= 11 is 0. The molecule has 0 atom stereocenters. The molecule has 0 N–H and O–H groups in total. The van der Waals surface area contributed by atoms with Gasteiger partial charge in [-0.15, -0.1) is 0 Å². The zero-order valence-corrected chi connectivity index (χ0v) is 15.4. The molecule has 0 aliphatic heterocycles. The van der Waals surface area contributed by atoms with E-state index in [4.69, 9.17) is 0 Å². The standard InChI is InChI=1S/C21H32N.ClH/c1-2-3-4-5-6-7-8-9-10-13-18-22-19-14-16-20-15-11-12-17-21(20)22;/h11-12,14-17,19H,2-10,13,18H2,1H3;1H/q+1;/p-1. The number of rotatable bonds is 11. The highest BCUT2D eigenvalue weighted by molar-refractivity contribution is 5.74. The first-order valence-electron chi connectivity index (χ1n) is 9.29. The zero-order valence-electron chi connectivity index (χ0n) is 14.6. The summed E-state index contributed by atoms with van der Waals surface area (Å²) in [6, 6.07) is 13.0. The van der Waals surface area contributed by atoms with Gasteiger partial charge in [-0.3, -0.25) is 0 Å². The number of para-hydroxylation sites is 1. The average molecular weight is 334 g/mol. The van der Waals surface area contributed by atoms with Gasteiger partial charge in [-0.05, 0) is 18.6 Å². The van der Waals surface area contributed by atoms with Crippen LogP contribution in [0.5, 0.6) is 0 Å². The van der Waals surface area contributed by atoms with Crippen LogP contribution in [0.2, 0.25) is 0 Å². The number of halogens is 1. The van der Waals surface area contributed by atoms with Gasteiger partial charge in [0, 0.05) is 23.9 Å². The first-order chi connectivity index (χ1) is 10.9. The summed E-state index contributed by atoms with van der Waals surface area (Å²) in [6.07, 6.45) is 16.2. The van der Waals surface area contributed by atoms with Crippen LogP contribution >= 0.6 is 0 Å². The normalized spacial score (nSPS) is 10.7. The molecule has 1 nitrogen and oxygen atoms in total. The van der Waals surface area contributed by atoms with Gasteiger partial charge >= 0.3 is 0 Å². The molecule has 0 saturated heterocycles. The molecule has 2 aromatic rings. The van der Waals surface area contributed by atoms with Crippen LogP contribution in [0.4, 0.5) is 0 Å². The predicted octanol–water partition coefficient (Wildman–Crippen LogP) is 3.05. The second kappa shape index (κ2) is 12.4. The van der Waals surface area contributed by atoms with E-state index in [1.165, 1.54) is 75.1 Å². The van der Waals surface area contributed by atoms with Gasteiger partial charge in [-0.25, -0.2) is 0 Å². The monoisotopic (exact) mass is 333 g/mol. The van der Waals surface area contributed by atoms with Gasteiger partial charge in [0.25, 0.3) is 0 Å². The van der Waals surface area contributed by atoms with Crippen LogP contribution in [0, 0.1) is 0 Å². The van der Waals surface area contributed by atoms with Crippen molar-refractivity contribution in [3.8, 4) is 0 Å². The lowest BCUT2D eigenvalue weighted by Crippen LogP contribution is -3.00. The van der Waals surface area contributed by atoms with Gasteiger partial charge in [0.05, 0.1) is 0 Å². The molecule has 0 aliphatic rings. The third-order valence-corrected chi connectivity index (χ3v) is 4.54. The molecule has 23 heavy (non-hydrogen) atoms. The molecule has 2 rings (SSSR count). The second-order valence-corrected chi connectivity index (χ2v) is 6.44. The minimum absolute atomic E-state index is 0. The highest BCUT2D eigenvalue weighted by Gasteiger charge is 2.06. The molecule has 0 unspecified atom stereocenters. The molecule has 0 spiro atoms. The van der Waals surface area contributed by atoms with E-state index >= 15 is 0 Å². The number of aromatic nitrogens is 1. The van der Waals surface area contributed by atoms with Crippen molar-refractivity contribution in [2.45, 2.75) is 77.7 Å². The lowest BCUT2D eigenvalue weighted by atomic mass is 10.1. The van der Waals surface area contributed by atoms with Crippen LogP contribution < -0.4 is 17.0 Å². The Morgan fingerprint density at radius 1 is 0.696 bits per heavy atom. The number of nitrogens with zero attached hydrogens (tertiary/aromatic N) is 1. The van der Waals surface area contributed by atoms with Crippen LogP contribution in [0.15, 0.2) is 42.6 Å². The number of benzene rings is 1. The Morgan fingerprint density at radius 3 is 1.96 bits per heavy atom. The minimum atomic E-state index is 0. The number of fused-ring (bicyclic) bond motifs is 1. The fraction of sp³-hybridized carbons (Fsp3) is 0.571. The van der Waals surface area contributed by atoms with E-state index in [0.29, 0.717) is 0 Å². The molecule has 1 aromatic heterocycles. The number of pyridine rings is 1. The van der Waals surface area contributed by atoms with E-state index in [1.807, 2.05) is 0 Å². The third kappa shape index (κ3) is 7.35. The lowest BCUT2D eigenvalue weighted by Gasteiger charge is -2.03. The van der Waals surface area contributed by atoms with Gasteiger partial charge in [-0.1, -0.05) is 70.4 Å². The molecule has 0 radical (unpaired) electrons. The van der Waals surface area contributed by atoms with E-state index in [1.54, 1.807) is 0 Å². The summed E-state index contributed by atoms with van der Waals surface area (Å²) in [5.41, 5.74) is 1.36. The van der Waals surface area contributed by atoms with Gasteiger partial charge < -0.3 is 12.4 Å². The Kier molecular flexibility index (Phi) is 10.7. The van der Waals surface area contributed by atoms with Crippen molar-refractivity contribution in [3.63, 3.8) is 0 Å². The fourth-order valence-corrected chi connectivity index (χ4v) is 3.19. The predicted molar refractivity (Wildman–Crippen MR) is 96.0 cm³/mol. The fourth-order valence-electron chi connectivity index (χ4n) is 3.19. The summed E-state index contributed by atoms with van der Waals surface area (Å²) in [5.74, 6) is 0. The molecule has 2 heteroatoms. The maximum atomic E-state index is 2.40. The highest BCUT2D eigenvalue weighted by Crippen LogP contribution is 2.11. The molecule has 128 valence electrons. The first-order valence-corrected chi connectivity index (χ1v) is 9.29. The molecular formula is C21H32ClN. The van der Waals surface area contributed by atoms with Crippen molar-refractivity contribution in [1.29, 1.82) is 0 Å². The van der Waals surface area contributed by atoms with E-state index in [0.717, 1.165) is 6.54 Å². The molecule has 0 bridgehead atoms. The third-order valence-electron chi connectivity index (χ3n) is 4.54. The van der Waals surface area contributed by atoms with E-state index in [9.17, 15) is 0 Å². The average Bonchev–Trinajstić information content (AvgIpc) is 2.56. The molecule has 0 amide bonds. The van der Waals surface area contributed by atoms with Crippen LogP contribution in [0.25, 0.3) is 10.9 Å². The number of hydrogen-bond donors (Lipinski definition) is 0. The second-order valence-electron chi connectivity index (χ2n) is 6.44. The summed E-state index contributed by atoms with van der Waals surface area (Å²) < 4.78 is 2.40. The first kappa shape index (κ1) is 20.0. The number of hydrogen-bond acceptors (Lipinski definition) is 0. The smallest absolute Gasteiger partial charge is 0.212 e. The summed E-state index contributed by atoms with van der Waals surface area (Å²) in [7, 11) is 0. The maximum Gasteiger partial charge on any atom is 0.212 e. The van der Waals surface area contributed by atoms with Crippen LogP contribution in [0.1, 0.15) is 71.1 Å². The van der Waals surface area contributed by atoms with Crippen molar-refractivity contribution in [3.05, 3.63) is 42.6 Å². The Bertz CT molecular complexity index is 533. The van der Waals surface area contributed by atoms with Gasteiger partial charge in [0.2, 0.25) is 5.52 Å². The Labute approximate surface area is 148 Å². The Balaban J connectivity index is 0.00000264. The largest absolute Gasteiger partial charge is 1.00 e. The Morgan fingerprint density at radius 2 is 1.26 bits per heavy atom. The molecule has 0 aliphatic carbocycles. The molecule has 1 aromatic carbocycles. The van der Waals surface area contributed by atoms with Gasteiger partial charge in [0.15, 0.2) is 6.20 Å². The van der Waals surface area contributed by atoms with E-state index in [-0.39, 0.29) is 12.4 Å². The minimum Gasteiger partial charge on any atom is -1.00 e. The molecular weight excluding hydrogens is 302 g/mol. The summed E-state index contributed by atoms with van der Waals surface area (Å²) in [4.78, 5) is 0. The van der Waals surface area contributed by atoms with Gasteiger partial charge in [-0.2, -0.15) is 4.57 Å². The summed E-state index contributed by atoms with van der Waals surface area (Å²) in [6.45, 7) is 3.44. The molecule has 1 heterocycles. The topological polar surface area (TPSA) is 3.88 Å². The van der Waals surface area contributed by atoms with E-state index in [2.05, 4.69) is 54.1 Å². The SMILES string of the molecule is CCCCCCCCCCCC[n+]1cccc2ccccc21.[Cl-]. The van der Waals surface area contributed by atoms with Gasteiger partial charge in [0.1, 0.15) is 6.54 Å². The molecule has 0 fully saturated rings. The lowest BCUT2D eigenvalue weighted by molar-refractivity contribution is -0.671. The Hall–Kier alpha value is -1.08. The summed E-state index contributed by atoms with van der Waals surface area (Å²) in [5, 5.41) is 1.34. The maximum absolute atomic E-state index is 2.40. The van der Waals surface area contributed by atoms with Crippen molar-refractivity contribution >= 4 is 10.9 Å². The molecule has 0 saturated carbocycles. The van der Waals surface area contributed by atoms with Crippen molar-refractivity contribution < 1.29 is 17.0 Å². The van der Waals surface area contributed by atoms with Crippen LogP contribution in [-0.4, -0.2) is 0 Å².